The molecule has 0 aliphatic carbocycles. The largest absolute Gasteiger partial charge is 0.381 e. The molecule has 0 saturated carbocycles. The molecule has 1 aliphatic rings. The van der Waals surface area contributed by atoms with E-state index >= 15 is 0 Å². The molecule has 94 valence electrons. The number of hydrogen-bond acceptors (Lipinski definition) is 4. The Morgan fingerprint density at radius 2 is 2.06 bits per heavy atom. The van der Waals surface area contributed by atoms with Gasteiger partial charge in [0.25, 0.3) is 0 Å². The summed E-state index contributed by atoms with van der Waals surface area (Å²) >= 11 is 5.76. The first-order valence-electron chi connectivity index (χ1n) is 6.11. The third kappa shape index (κ3) is 3.54. The van der Waals surface area contributed by atoms with Gasteiger partial charge in [0.2, 0.25) is 5.95 Å². The molecular formula is C12H18ClN3O. The summed E-state index contributed by atoms with van der Waals surface area (Å²) < 4.78 is 5.38. The molecular weight excluding hydrogens is 238 g/mol. The third-order valence-electron chi connectivity index (χ3n) is 3.21. The van der Waals surface area contributed by atoms with E-state index in [4.69, 9.17) is 16.3 Å². The minimum Gasteiger partial charge on any atom is -0.381 e. The van der Waals surface area contributed by atoms with Crippen molar-refractivity contribution in [3.05, 3.63) is 17.4 Å². The fourth-order valence-electron chi connectivity index (χ4n) is 2.22. The van der Waals surface area contributed by atoms with Crippen molar-refractivity contribution in [2.24, 2.45) is 5.92 Å². The van der Waals surface area contributed by atoms with Crippen molar-refractivity contribution in [1.29, 1.82) is 0 Å². The lowest BCUT2D eigenvalue weighted by Crippen LogP contribution is -2.33. The van der Waals surface area contributed by atoms with E-state index in [1.807, 2.05) is 0 Å². The van der Waals surface area contributed by atoms with Gasteiger partial charge in [-0.25, -0.2) is 9.97 Å². The van der Waals surface area contributed by atoms with Gasteiger partial charge in [-0.1, -0.05) is 18.5 Å². The van der Waals surface area contributed by atoms with Crippen molar-refractivity contribution in [2.75, 3.05) is 18.5 Å². The number of hydrogen-bond donors (Lipinski definition) is 1. The van der Waals surface area contributed by atoms with Crippen LogP contribution in [0.1, 0.15) is 26.2 Å². The van der Waals surface area contributed by atoms with Crippen LogP contribution in [-0.4, -0.2) is 29.2 Å². The van der Waals surface area contributed by atoms with Crippen LogP contribution in [0.15, 0.2) is 12.4 Å². The van der Waals surface area contributed by atoms with Gasteiger partial charge in [-0.3, -0.25) is 0 Å². The summed E-state index contributed by atoms with van der Waals surface area (Å²) in [4.78, 5) is 8.35. The second kappa shape index (κ2) is 6.17. The maximum absolute atomic E-state index is 5.76. The molecule has 0 aromatic carbocycles. The molecule has 1 fully saturated rings. The highest BCUT2D eigenvalue weighted by molar-refractivity contribution is 6.30. The first-order valence-corrected chi connectivity index (χ1v) is 6.49. The van der Waals surface area contributed by atoms with Crippen molar-refractivity contribution in [1.82, 2.24) is 9.97 Å². The molecule has 0 bridgehead atoms. The van der Waals surface area contributed by atoms with Gasteiger partial charge in [0.15, 0.2) is 0 Å². The molecule has 0 unspecified atom stereocenters. The topological polar surface area (TPSA) is 47.0 Å². The van der Waals surface area contributed by atoms with Crippen LogP contribution in [0, 0.1) is 5.92 Å². The monoisotopic (exact) mass is 255 g/mol. The number of nitrogens with one attached hydrogen (secondary N) is 1. The zero-order valence-electron chi connectivity index (χ0n) is 10.0. The highest BCUT2D eigenvalue weighted by Crippen LogP contribution is 2.23. The van der Waals surface area contributed by atoms with Crippen LogP contribution in [0.25, 0.3) is 0 Å². The molecule has 2 rings (SSSR count). The van der Waals surface area contributed by atoms with Crippen molar-refractivity contribution in [3.8, 4) is 0 Å². The second-order valence-electron chi connectivity index (χ2n) is 4.33. The molecule has 5 heteroatoms. The van der Waals surface area contributed by atoms with Crippen LogP contribution in [-0.2, 0) is 4.74 Å². The smallest absolute Gasteiger partial charge is 0.222 e. The van der Waals surface area contributed by atoms with E-state index < -0.39 is 0 Å². The zero-order valence-corrected chi connectivity index (χ0v) is 10.8. The van der Waals surface area contributed by atoms with E-state index in [9.17, 15) is 0 Å². The first kappa shape index (κ1) is 12.6. The SMILES string of the molecule is CC[C@H](Nc1ncc(Cl)cn1)C1CCOCC1. The number of anilines is 1. The zero-order chi connectivity index (χ0) is 12.1. The Bertz CT molecular complexity index is 338. The normalized spacial score (nSPS) is 18.9. The summed E-state index contributed by atoms with van der Waals surface area (Å²) in [6, 6.07) is 0.417. The molecule has 0 radical (unpaired) electrons. The van der Waals surface area contributed by atoms with Crippen LogP contribution in [0.5, 0.6) is 0 Å². The molecule has 1 N–H and O–H groups in total. The van der Waals surface area contributed by atoms with Gasteiger partial charge in [-0.15, -0.1) is 0 Å². The van der Waals surface area contributed by atoms with Crippen LogP contribution in [0.2, 0.25) is 5.02 Å². The highest BCUT2D eigenvalue weighted by Gasteiger charge is 2.23. The second-order valence-corrected chi connectivity index (χ2v) is 4.77. The van der Waals surface area contributed by atoms with Crippen molar-refractivity contribution in [3.63, 3.8) is 0 Å². The molecule has 0 amide bonds. The van der Waals surface area contributed by atoms with Gasteiger partial charge in [0, 0.05) is 19.3 Å². The van der Waals surface area contributed by atoms with Gasteiger partial charge in [-0.05, 0) is 25.2 Å². The Labute approximate surface area is 107 Å². The number of aromatic nitrogens is 2. The predicted molar refractivity (Wildman–Crippen MR) is 68.3 cm³/mol. The maximum Gasteiger partial charge on any atom is 0.222 e. The maximum atomic E-state index is 5.76. The highest BCUT2D eigenvalue weighted by atomic mass is 35.5. The summed E-state index contributed by atoms with van der Waals surface area (Å²) in [6.07, 6.45) is 6.52. The Kier molecular flexibility index (Phi) is 4.57. The Balaban J connectivity index is 1.96. The van der Waals surface area contributed by atoms with Gasteiger partial charge >= 0.3 is 0 Å². The average molecular weight is 256 g/mol. The first-order chi connectivity index (χ1) is 8.29. The molecule has 4 nitrogen and oxygen atoms in total. The lowest BCUT2D eigenvalue weighted by Gasteiger charge is -2.30. The van der Waals surface area contributed by atoms with Gasteiger partial charge in [0.1, 0.15) is 0 Å². The molecule has 1 aromatic rings. The minimum absolute atomic E-state index is 0.417. The molecule has 1 atom stereocenters. The van der Waals surface area contributed by atoms with E-state index in [2.05, 4.69) is 22.2 Å². The van der Waals surface area contributed by atoms with Crippen LogP contribution in [0.3, 0.4) is 0 Å². The van der Waals surface area contributed by atoms with Crippen molar-refractivity contribution < 1.29 is 4.74 Å². The summed E-state index contributed by atoms with van der Waals surface area (Å²) in [5, 5.41) is 3.95. The molecule has 1 saturated heterocycles. The Morgan fingerprint density at radius 3 is 2.65 bits per heavy atom. The van der Waals surface area contributed by atoms with Crippen LogP contribution in [0.4, 0.5) is 5.95 Å². The van der Waals surface area contributed by atoms with E-state index in [-0.39, 0.29) is 0 Å². The summed E-state index contributed by atoms with van der Waals surface area (Å²) in [5.74, 6) is 1.31. The predicted octanol–water partition coefficient (Wildman–Crippen LogP) is 2.75. The fourth-order valence-corrected chi connectivity index (χ4v) is 2.32. The molecule has 1 aromatic heterocycles. The quantitative estimate of drug-likeness (QED) is 0.899. The third-order valence-corrected chi connectivity index (χ3v) is 3.40. The summed E-state index contributed by atoms with van der Waals surface area (Å²) in [7, 11) is 0. The fraction of sp³-hybridized carbons (Fsp3) is 0.667. The molecule has 17 heavy (non-hydrogen) atoms. The van der Waals surface area contributed by atoms with E-state index in [1.54, 1.807) is 12.4 Å². The Morgan fingerprint density at radius 1 is 1.41 bits per heavy atom. The van der Waals surface area contributed by atoms with Crippen molar-refractivity contribution in [2.45, 2.75) is 32.2 Å². The molecule has 0 spiro atoms. The summed E-state index contributed by atoms with van der Waals surface area (Å²) in [5.41, 5.74) is 0. The number of halogens is 1. The van der Waals surface area contributed by atoms with Crippen molar-refractivity contribution >= 4 is 17.5 Å². The number of ether oxygens (including phenoxy) is 1. The lowest BCUT2D eigenvalue weighted by molar-refractivity contribution is 0.0601. The van der Waals surface area contributed by atoms with Gasteiger partial charge in [-0.2, -0.15) is 0 Å². The number of rotatable bonds is 4. The van der Waals surface area contributed by atoms with E-state index in [0.717, 1.165) is 32.5 Å². The number of nitrogens with zero attached hydrogens (tertiary/aromatic N) is 2. The summed E-state index contributed by atoms with van der Waals surface area (Å²) in [6.45, 7) is 3.91. The minimum atomic E-state index is 0.417. The average Bonchev–Trinajstić information content (AvgIpc) is 2.39. The van der Waals surface area contributed by atoms with E-state index in [0.29, 0.717) is 22.9 Å². The van der Waals surface area contributed by atoms with Crippen LogP contribution >= 0.6 is 11.6 Å². The Hall–Kier alpha value is -0.870. The van der Waals surface area contributed by atoms with Gasteiger partial charge < -0.3 is 10.1 Å². The standard InChI is InChI=1S/C12H18ClN3O/c1-2-11(9-3-5-17-6-4-9)16-12-14-7-10(13)8-15-12/h7-9,11H,2-6H2,1H3,(H,14,15,16)/t11-/m0/s1. The molecule has 1 aliphatic heterocycles. The van der Waals surface area contributed by atoms with E-state index in [1.165, 1.54) is 0 Å². The van der Waals surface area contributed by atoms with Crippen LogP contribution < -0.4 is 5.32 Å². The molecule has 2 heterocycles. The lowest BCUT2D eigenvalue weighted by atomic mass is 9.90. The van der Waals surface area contributed by atoms with Gasteiger partial charge in [0.05, 0.1) is 17.4 Å².